The van der Waals surface area contributed by atoms with Crippen LogP contribution in [-0.4, -0.2) is 12.5 Å². The van der Waals surface area contributed by atoms with Crippen LogP contribution in [-0.2, 0) is 0 Å². The number of rotatable bonds is 2. The number of hydrogen-bond acceptors (Lipinski definition) is 2. The van der Waals surface area contributed by atoms with Crippen LogP contribution in [0.4, 0.5) is 0 Å². The van der Waals surface area contributed by atoms with Gasteiger partial charge in [0.15, 0.2) is 5.76 Å². The fraction of sp³-hybridized carbons (Fsp3) is 0.0714. The van der Waals surface area contributed by atoms with Crippen LogP contribution in [0.5, 0.6) is 0 Å². The Bertz CT molecular complexity index is 594. The van der Waals surface area contributed by atoms with Crippen LogP contribution < -0.4 is 5.32 Å². The molecule has 0 fully saturated rings. The minimum absolute atomic E-state index is 0.241. The monoisotopic (exact) mass is 259 g/mol. The zero-order chi connectivity index (χ0) is 12.8. The Labute approximate surface area is 110 Å². The van der Waals surface area contributed by atoms with E-state index >= 15 is 0 Å². The minimum atomic E-state index is -0.284. The number of carbonyl (C=O) groups excluding carboxylic acids is 1. The molecule has 0 saturated heterocycles. The first-order chi connectivity index (χ1) is 8.77. The van der Waals surface area contributed by atoms with Crippen molar-refractivity contribution < 1.29 is 9.21 Å². The SMILES string of the molecule is O=C(NCC#Cc1ccccc1Cl)c1ccco1. The van der Waals surface area contributed by atoms with E-state index in [-0.39, 0.29) is 18.2 Å². The molecule has 0 spiro atoms. The van der Waals surface area contributed by atoms with Gasteiger partial charge in [0.1, 0.15) is 0 Å². The van der Waals surface area contributed by atoms with Crippen molar-refractivity contribution in [3.63, 3.8) is 0 Å². The molecule has 0 radical (unpaired) electrons. The molecule has 1 amide bonds. The van der Waals surface area contributed by atoms with Gasteiger partial charge in [-0.05, 0) is 24.3 Å². The lowest BCUT2D eigenvalue weighted by Crippen LogP contribution is -2.22. The van der Waals surface area contributed by atoms with Crippen LogP contribution in [0.3, 0.4) is 0 Å². The highest BCUT2D eigenvalue weighted by atomic mass is 35.5. The average Bonchev–Trinajstić information content (AvgIpc) is 2.90. The fourth-order valence-electron chi connectivity index (χ4n) is 1.32. The Morgan fingerprint density at radius 2 is 2.11 bits per heavy atom. The molecule has 3 nitrogen and oxygen atoms in total. The van der Waals surface area contributed by atoms with Crippen molar-refractivity contribution in [2.24, 2.45) is 0 Å². The van der Waals surface area contributed by atoms with Gasteiger partial charge in [-0.1, -0.05) is 35.6 Å². The third-order valence-corrected chi connectivity index (χ3v) is 2.51. The first kappa shape index (κ1) is 12.3. The molecule has 1 aromatic carbocycles. The lowest BCUT2D eigenvalue weighted by atomic mass is 10.2. The molecule has 0 bridgehead atoms. The van der Waals surface area contributed by atoms with Gasteiger partial charge in [0, 0.05) is 5.56 Å². The molecule has 2 rings (SSSR count). The second-order valence-corrected chi connectivity index (χ2v) is 3.85. The molecule has 4 heteroatoms. The standard InChI is InChI=1S/C14H10ClNO2/c15-12-7-2-1-5-11(12)6-3-9-16-14(17)13-8-4-10-18-13/h1-2,4-5,7-8,10H,9H2,(H,16,17). The maximum Gasteiger partial charge on any atom is 0.287 e. The molecule has 1 heterocycles. The average molecular weight is 260 g/mol. The van der Waals surface area contributed by atoms with E-state index in [1.165, 1.54) is 6.26 Å². The molecule has 0 saturated carbocycles. The van der Waals surface area contributed by atoms with Crippen molar-refractivity contribution in [3.05, 3.63) is 59.0 Å². The number of nitrogens with one attached hydrogen (secondary N) is 1. The van der Waals surface area contributed by atoms with Gasteiger partial charge in [0.2, 0.25) is 0 Å². The van der Waals surface area contributed by atoms with E-state index in [9.17, 15) is 4.79 Å². The Morgan fingerprint density at radius 3 is 2.83 bits per heavy atom. The van der Waals surface area contributed by atoms with Crippen LogP contribution >= 0.6 is 11.6 Å². The maximum atomic E-state index is 11.5. The predicted octanol–water partition coefficient (Wildman–Crippen LogP) is 2.71. The zero-order valence-electron chi connectivity index (χ0n) is 9.44. The zero-order valence-corrected chi connectivity index (χ0v) is 10.2. The maximum absolute atomic E-state index is 11.5. The van der Waals surface area contributed by atoms with Crippen LogP contribution in [0.1, 0.15) is 16.1 Å². The highest BCUT2D eigenvalue weighted by Crippen LogP contribution is 2.12. The van der Waals surface area contributed by atoms with E-state index < -0.39 is 0 Å². The van der Waals surface area contributed by atoms with Crippen molar-refractivity contribution in [2.45, 2.75) is 0 Å². The third kappa shape index (κ3) is 3.16. The van der Waals surface area contributed by atoms with E-state index in [0.29, 0.717) is 5.02 Å². The van der Waals surface area contributed by atoms with Gasteiger partial charge in [-0.2, -0.15) is 0 Å². The molecule has 0 aliphatic carbocycles. The van der Waals surface area contributed by atoms with Crippen LogP contribution in [0, 0.1) is 11.8 Å². The number of benzene rings is 1. The van der Waals surface area contributed by atoms with E-state index in [2.05, 4.69) is 17.2 Å². The minimum Gasteiger partial charge on any atom is -0.459 e. The van der Waals surface area contributed by atoms with E-state index in [1.54, 1.807) is 18.2 Å². The summed E-state index contributed by atoms with van der Waals surface area (Å²) in [5.41, 5.74) is 0.742. The summed E-state index contributed by atoms with van der Waals surface area (Å²) in [6, 6.07) is 10.5. The Balaban J connectivity index is 1.90. The van der Waals surface area contributed by atoms with Crippen molar-refractivity contribution in [1.82, 2.24) is 5.32 Å². The summed E-state index contributed by atoms with van der Waals surface area (Å²) < 4.78 is 4.95. The molecule has 1 N–H and O–H groups in total. The lowest BCUT2D eigenvalue weighted by molar-refractivity contribution is 0.0931. The predicted molar refractivity (Wildman–Crippen MR) is 69.4 cm³/mol. The van der Waals surface area contributed by atoms with Crippen LogP contribution in [0.2, 0.25) is 5.02 Å². The smallest absolute Gasteiger partial charge is 0.287 e. The van der Waals surface area contributed by atoms with Gasteiger partial charge in [-0.3, -0.25) is 4.79 Å². The topological polar surface area (TPSA) is 42.2 Å². The molecular formula is C14H10ClNO2. The lowest BCUT2D eigenvalue weighted by Gasteiger charge is -1.96. The van der Waals surface area contributed by atoms with Gasteiger partial charge >= 0.3 is 0 Å². The number of amides is 1. The van der Waals surface area contributed by atoms with Crippen molar-refractivity contribution >= 4 is 17.5 Å². The molecule has 1 aromatic heterocycles. The summed E-state index contributed by atoms with van der Waals surface area (Å²) in [7, 11) is 0. The quantitative estimate of drug-likeness (QED) is 0.843. The summed E-state index contributed by atoms with van der Waals surface area (Å²) in [5.74, 6) is 5.70. The molecular weight excluding hydrogens is 250 g/mol. The first-order valence-electron chi connectivity index (χ1n) is 5.32. The number of halogens is 1. The molecule has 18 heavy (non-hydrogen) atoms. The Hall–Kier alpha value is -2.18. The third-order valence-electron chi connectivity index (χ3n) is 2.18. The summed E-state index contributed by atoms with van der Waals surface area (Å²) in [6.45, 7) is 0.241. The molecule has 0 atom stereocenters. The highest BCUT2D eigenvalue weighted by Gasteiger charge is 2.05. The van der Waals surface area contributed by atoms with Gasteiger partial charge < -0.3 is 9.73 Å². The molecule has 0 aliphatic heterocycles. The van der Waals surface area contributed by atoms with Gasteiger partial charge in [-0.25, -0.2) is 0 Å². The van der Waals surface area contributed by atoms with Crippen molar-refractivity contribution in [2.75, 3.05) is 6.54 Å². The van der Waals surface area contributed by atoms with Crippen molar-refractivity contribution in [1.29, 1.82) is 0 Å². The second-order valence-electron chi connectivity index (χ2n) is 3.44. The summed E-state index contributed by atoms with van der Waals surface area (Å²) in [5, 5.41) is 3.22. The molecule has 0 aliphatic rings. The molecule has 2 aromatic rings. The Morgan fingerprint density at radius 1 is 1.28 bits per heavy atom. The van der Waals surface area contributed by atoms with E-state index in [4.69, 9.17) is 16.0 Å². The summed E-state index contributed by atoms with van der Waals surface area (Å²) in [6.07, 6.45) is 1.45. The van der Waals surface area contributed by atoms with Gasteiger partial charge in [0.05, 0.1) is 17.8 Å². The van der Waals surface area contributed by atoms with Crippen LogP contribution in [0.25, 0.3) is 0 Å². The largest absolute Gasteiger partial charge is 0.459 e. The van der Waals surface area contributed by atoms with Gasteiger partial charge in [0.25, 0.3) is 5.91 Å². The first-order valence-corrected chi connectivity index (χ1v) is 5.70. The number of furan rings is 1. The number of hydrogen-bond donors (Lipinski definition) is 1. The van der Waals surface area contributed by atoms with E-state index in [0.717, 1.165) is 5.56 Å². The summed E-state index contributed by atoms with van der Waals surface area (Å²) >= 11 is 5.94. The van der Waals surface area contributed by atoms with E-state index in [1.807, 2.05) is 18.2 Å². The summed E-state index contributed by atoms with van der Waals surface area (Å²) in [4.78, 5) is 11.5. The van der Waals surface area contributed by atoms with Gasteiger partial charge in [-0.15, -0.1) is 0 Å². The fourth-order valence-corrected chi connectivity index (χ4v) is 1.50. The Kier molecular flexibility index (Phi) is 4.06. The normalized spacial score (nSPS) is 9.39. The second kappa shape index (κ2) is 5.95. The highest BCUT2D eigenvalue weighted by molar-refractivity contribution is 6.31. The molecule has 0 unspecified atom stereocenters. The van der Waals surface area contributed by atoms with Crippen molar-refractivity contribution in [3.8, 4) is 11.8 Å². The number of carbonyl (C=O) groups is 1. The van der Waals surface area contributed by atoms with Crippen LogP contribution in [0.15, 0.2) is 47.1 Å². The molecule has 90 valence electrons.